The molecule has 0 unspecified atom stereocenters. The zero-order valence-electron chi connectivity index (χ0n) is 6.73. The van der Waals surface area contributed by atoms with Gasteiger partial charge < -0.3 is 15.0 Å². The molecule has 68 valence electrons. The Balaban J connectivity index is 3.01. The highest BCUT2D eigenvalue weighted by Crippen LogP contribution is 2.23. The maximum atomic E-state index is 11.1. The molecule has 0 heterocycles. The van der Waals surface area contributed by atoms with Crippen LogP contribution in [0.15, 0.2) is 18.2 Å². The van der Waals surface area contributed by atoms with Crippen LogP contribution in [0.5, 0.6) is 11.5 Å². The molecule has 0 saturated carbocycles. The summed E-state index contributed by atoms with van der Waals surface area (Å²) in [4.78, 5) is 21.1. The van der Waals surface area contributed by atoms with E-state index in [-0.39, 0.29) is 23.5 Å². The van der Waals surface area contributed by atoms with Gasteiger partial charge in [-0.3, -0.25) is 4.79 Å². The van der Waals surface area contributed by atoms with E-state index in [1.54, 1.807) is 0 Å². The third kappa shape index (κ3) is 2.05. The van der Waals surface area contributed by atoms with Crippen molar-refractivity contribution in [2.45, 2.75) is 6.42 Å². The number of carbonyl (C=O) groups is 2. The summed E-state index contributed by atoms with van der Waals surface area (Å²) in [6.07, 6.45) is 0.201. The van der Waals surface area contributed by atoms with Crippen LogP contribution in [-0.2, 0) is 4.79 Å². The van der Waals surface area contributed by atoms with Gasteiger partial charge in [0, 0.05) is 6.07 Å². The number of Topliss-reactive ketones (excluding diaryl/α,β-unsaturated/α-hetero) is 1. The molecule has 0 aliphatic rings. The Kier molecular flexibility index (Phi) is 2.64. The molecular weight excluding hydrogens is 172 g/mol. The van der Waals surface area contributed by atoms with E-state index in [0.29, 0.717) is 6.29 Å². The van der Waals surface area contributed by atoms with Crippen LogP contribution in [0.3, 0.4) is 0 Å². The number of phenolic OH excluding ortho intramolecular Hbond substituents is 2. The molecule has 4 heteroatoms. The Labute approximate surface area is 74.4 Å². The van der Waals surface area contributed by atoms with Gasteiger partial charge in [0.05, 0.1) is 12.0 Å². The topological polar surface area (TPSA) is 74.6 Å². The van der Waals surface area contributed by atoms with Gasteiger partial charge >= 0.3 is 0 Å². The summed E-state index contributed by atoms with van der Waals surface area (Å²) in [6.45, 7) is 0. The molecule has 0 amide bonds. The molecule has 4 nitrogen and oxygen atoms in total. The lowest BCUT2D eigenvalue weighted by atomic mass is 10.1. The fourth-order valence-corrected chi connectivity index (χ4v) is 0.941. The zero-order valence-corrected chi connectivity index (χ0v) is 6.73. The number of aldehydes is 1. The minimum Gasteiger partial charge on any atom is -0.508 e. The van der Waals surface area contributed by atoms with Crippen LogP contribution in [0.1, 0.15) is 16.8 Å². The Bertz CT molecular complexity index is 343. The van der Waals surface area contributed by atoms with Crippen LogP contribution in [0.4, 0.5) is 0 Å². The Morgan fingerprint density at radius 2 is 2.08 bits per heavy atom. The molecule has 1 aromatic rings. The average molecular weight is 180 g/mol. The second-order valence-corrected chi connectivity index (χ2v) is 2.50. The van der Waals surface area contributed by atoms with Gasteiger partial charge in [0.25, 0.3) is 0 Å². The number of hydrogen-bond donors (Lipinski definition) is 2. The summed E-state index contributed by atoms with van der Waals surface area (Å²) >= 11 is 0. The molecule has 0 saturated heterocycles. The first kappa shape index (κ1) is 9.25. The van der Waals surface area contributed by atoms with Crippen molar-refractivity contribution < 1.29 is 19.8 Å². The summed E-state index contributed by atoms with van der Waals surface area (Å²) in [5.74, 6) is -0.903. The summed E-state index contributed by atoms with van der Waals surface area (Å²) in [6, 6.07) is 3.60. The zero-order chi connectivity index (χ0) is 9.84. The number of aromatic hydroxyl groups is 2. The molecule has 0 aromatic heterocycles. The van der Waals surface area contributed by atoms with Crippen LogP contribution >= 0.6 is 0 Å². The van der Waals surface area contributed by atoms with E-state index in [9.17, 15) is 14.7 Å². The largest absolute Gasteiger partial charge is 0.508 e. The maximum absolute atomic E-state index is 11.1. The van der Waals surface area contributed by atoms with E-state index >= 15 is 0 Å². The number of hydrogen-bond acceptors (Lipinski definition) is 4. The highest BCUT2D eigenvalue weighted by Gasteiger charge is 2.10. The standard InChI is InChI=1S/C9H8O4/c10-4-3-8(12)7-2-1-6(11)5-9(7)13/h1-2,4-5,11,13H,3H2. The van der Waals surface area contributed by atoms with Crippen LogP contribution in [-0.4, -0.2) is 22.3 Å². The highest BCUT2D eigenvalue weighted by molar-refractivity contribution is 6.04. The van der Waals surface area contributed by atoms with Crippen molar-refractivity contribution in [2.75, 3.05) is 0 Å². The highest BCUT2D eigenvalue weighted by atomic mass is 16.3. The quantitative estimate of drug-likeness (QED) is 0.411. The van der Waals surface area contributed by atoms with Crippen molar-refractivity contribution in [2.24, 2.45) is 0 Å². The lowest BCUT2D eigenvalue weighted by Gasteiger charge is -2.00. The smallest absolute Gasteiger partial charge is 0.173 e. The molecule has 1 aromatic carbocycles. The number of rotatable bonds is 3. The first-order valence-electron chi connectivity index (χ1n) is 3.64. The third-order valence-electron chi connectivity index (χ3n) is 1.55. The van der Waals surface area contributed by atoms with Crippen LogP contribution in [0, 0.1) is 0 Å². The monoisotopic (exact) mass is 180 g/mol. The van der Waals surface area contributed by atoms with Gasteiger partial charge in [-0.1, -0.05) is 0 Å². The minimum atomic E-state index is -0.465. The van der Waals surface area contributed by atoms with Crippen LogP contribution in [0.25, 0.3) is 0 Å². The molecular formula is C9H8O4. The van der Waals surface area contributed by atoms with Crippen LogP contribution in [0.2, 0.25) is 0 Å². The van der Waals surface area contributed by atoms with Crippen molar-refractivity contribution in [1.29, 1.82) is 0 Å². The second kappa shape index (κ2) is 3.71. The number of phenols is 2. The van der Waals surface area contributed by atoms with Crippen LogP contribution < -0.4 is 0 Å². The molecule has 2 N–H and O–H groups in total. The fourth-order valence-electron chi connectivity index (χ4n) is 0.941. The van der Waals surface area contributed by atoms with Crippen molar-refractivity contribution >= 4 is 12.1 Å². The SMILES string of the molecule is O=CCC(=O)c1ccc(O)cc1O. The third-order valence-corrected chi connectivity index (χ3v) is 1.55. The van der Waals surface area contributed by atoms with Gasteiger partial charge in [0.15, 0.2) is 5.78 Å². The van der Waals surface area contributed by atoms with Gasteiger partial charge in [0.2, 0.25) is 0 Å². The number of ketones is 1. The normalized spacial score (nSPS) is 9.54. The van der Waals surface area contributed by atoms with Crippen molar-refractivity contribution in [3.8, 4) is 11.5 Å². The van der Waals surface area contributed by atoms with E-state index in [1.807, 2.05) is 0 Å². The van der Waals surface area contributed by atoms with Crippen molar-refractivity contribution in [3.05, 3.63) is 23.8 Å². The van der Waals surface area contributed by atoms with Crippen molar-refractivity contribution in [3.63, 3.8) is 0 Å². The predicted molar refractivity (Wildman–Crippen MR) is 44.8 cm³/mol. The minimum absolute atomic E-state index is 0.0462. The average Bonchev–Trinajstić information content (AvgIpc) is 2.04. The molecule has 0 aliphatic carbocycles. The summed E-state index contributed by atoms with van der Waals surface area (Å²) in [7, 11) is 0. The molecule has 1 rings (SSSR count). The molecule has 0 bridgehead atoms. The molecule has 0 aliphatic heterocycles. The first-order valence-corrected chi connectivity index (χ1v) is 3.64. The summed E-state index contributed by atoms with van der Waals surface area (Å²) in [5.41, 5.74) is 0.0462. The Hall–Kier alpha value is -1.84. The van der Waals surface area contributed by atoms with E-state index < -0.39 is 5.78 Å². The Morgan fingerprint density at radius 1 is 1.38 bits per heavy atom. The maximum Gasteiger partial charge on any atom is 0.173 e. The molecule has 0 spiro atoms. The summed E-state index contributed by atoms with van der Waals surface area (Å²) < 4.78 is 0. The van der Waals surface area contributed by atoms with E-state index in [0.717, 1.165) is 6.07 Å². The molecule has 13 heavy (non-hydrogen) atoms. The van der Waals surface area contributed by atoms with E-state index in [2.05, 4.69) is 0 Å². The van der Waals surface area contributed by atoms with Gasteiger partial charge in [-0.05, 0) is 12.1 Å². The van der Waals surface area contributed by atoms with E-state index in [1.165, 1.54) is 12.1 Å². The Morgan fingerprint density at radius 3 is 2.62 bits per heavy atom. The van der Waals surface area contributed by atoms with Gasteiger partial charge in [-0.25, -0.2) is 0 Å². The van der Waals surface area contributed by atoms with Gasteiger partial charge in [0.1, 0.15) is 17.8 Å². The van der Waals surface area contributed by atoms with Crippen molar-refractivity contribution in [1.82, 2.24) is 0 Å². The molecule has 0 radical (unpaired) electrons. The summed E-state index contributed by atoms with van der Waals surface area (Å²) in [5, 5.41) is 18.1. The lowest BCUT2D eigenvalue weighted by Crippen LogP contribution is -1.99. The predicted octanol–water partition coefficient (Wildman–Crippen LogP) is 0.869. The van der Waals surface area contributed by atoms with E-state index in [4.69, 9.17) is 5.11 Å². The second-order valence-electron chi connectivity index (χ2n) is 2.50. The van der Waals surface area contributed by atoms with Gasteiger partial charge in [-0.15, -0.1) is 0 Å². The first-order chi connectivity index (χ1) is 6.15. The number of carbonyl (C=O) groups excluding carboxylic acids is 2. The molecule has 0 atom stereocenters. The number of benzene rings is 1. The fraction of sp³-hybridized carbons (Fsp3) is 0.111. The van der Waals surface area contributed by atoms with Gasteiger partial charge in [-0.2, -0.15) is 0 Å². The lowest BCUT2D eigenvalue weighted by molar-refractivity contribution is -0.107. The molecule has 0 fully saturated rings.